The standard InChI is InChI=1S/C8H14N2O2/c1-2-10-4-6-3-7(10)5-12-8(11)9-6/h6-7H,2-5H2,1H3,(H,9,11). The molecule has 2 rings (SSSR count). The van der Waals surface area contributed by atoms with Crippen molar-refractivity contribution in [1.82, 2.24) is 10.2 Å². The molecule has 0 saturated carbocycles. The fraction of sp³-hybridized carbons (Fsp3) is 0.875. The van der Waals surface area contributed by atoms with Gasteiger partial charge in [0.2, 0.25) is 0 Å². The minimum atomic E-state index is -0.252. The molecule has 4 heteroatoms. The van der Waals surface area contributed by atoms with Crippen LogP contribution in [-0.2, 0) is 4.74 Å². The maximum Gasteiger partial charge on any atom is 0.407 e. The number of alkyl carbamates (subject to hydrolysis) is 1. The Kier molecular flexibility index (Phi) is 1.92. The van der Waals surface area contributed by atoms with E-state index >= 15 is 0 Å². The molecule has 2 bridgehead atoms. The van der Waals surface area contributed by atoms with Crippen LogP contribution in [0.15, 0.2) is 0 Å². The van der Waals surface area contributed by atoms with Crippen molar-refractivity contribution in [2.24, 2.45) is 0 Å². The molecule has 1 amide bonds. The van der Waals surface area contributed by atoms with Crippen molar-refractivity contribution in [3.05, 3.63) is 0 Å². The molecular weight excluding hydrogens is 156 g/mol. The number of amides is 1. The normalized spacial score (nSPS) is 35.6. The van der Waals surface area contributed by atoms with Crippen molar-refractivity contribution in [3.8, 4) is 0 Å². The number of nitrogens with one attached hydrogen (secondary N) is 1. The molecule has 2 unspecified atom stereocenters. The summed E-state index contributed by atoms with van der Waals surface area (Å²) in [7, 11) is 0. The van der Waals surface area contributed by atoms with E-state index in [0.29, 0.717) is 18.7 Å². The highest BCUT2D eigenvalue weighted by Crippen LogP contribution is 2.20. The molecule has 0 aromatic rings. The van der Waals surface area contributed by atoms with Crippen LogP contribution in [-0.4, -0.2) is 42.8 Å². The Morgan fingerprint density at radius 2 is 2.58 bits per heavy atom. The smallest absolute Gasteiger partial charge is 0.407 e. The van der Waals surface area contributed by atoms with Crippen molar-refractivity contribution in [2.75, 3.05) is 19.7 Å². The van der Waals surface area contributed by atoms with Gasteiger partial charge in [-0.25, -0.2) is 4.79 Å². The molecule has 2 atom stereocenters. The molecule has 0 radical (unpaired) electrons. The lowest BCUT2D eigenvalue weighted by molar-refractivity contribution is 0.106. The molecule has 2 saturated heterocycles. The van der Waals surface area contributed by atoms with Gasteiger partial charge in [-0.1, -0.05) is 6.92 Å². The molecule has 4 nitrogen and oxygen atoms in total. The third-order valence-corrected chi connectivity index (χ3v) is 2.66. The first-order valence-electron chi connectivity index (χ1n) is 4.47. The molecule has 0 aliphatic carbocycles. The van der Waals surface area contributed by atoms with Gasteiger partial charge in [0.15, 0.2) is 0 Å². The lowest BCUT2D eigenvalue weighted by atomic mass is 10.2. The van der Waals surface area contributed by atoms with E-state index in [2.05, 4.69) is 17.1 Å². The van der Waals surface area contributed by atoms with Crippen LogP contribution in [0.25, 0.3) is 0 Å². The largest absolute Gasteiger partial charge is 0.448 e. The van der Waals surface area contributed by atoms with Gasteiger partial charge in [0, 0.05) is 18.6 Å². The number of nitrogens with zero attached hydrogens (tertiary/aromatic N) is 1. The predicted octanol–water partition coefficient (Wildman–Crippen LogP) is 0.189. The van der Waals surface area contributed by atoms with Crippen LogP contribution in [0.5, 0.6) is 0 Å². The third-order valence-electron chi connectivity index (χ3n) is 2.66. The SMILES string of the molecule is CCN1CC2CC1COC(=O)N2. The fourth-order valence-corrected chi connectivity index (χ4v) is 2.03. The number of fused-ring (bicyclic) bond motifs is 2. The summed E-state index contributed by atoms with van der Waals surface area (Å²) in [6, 6.07) is 0.754. The van der Waals surface area contributed by atoms with Gasteiger partial charge in [0.25, 0.3) is 0 Å². The van der Waals surface area contributed by atoms with E-state index in [-0.39, 0.29) is 6.09 Å². The first-order chi connectivity index (χ1) is 5.79. The number of hydrogen-bond donors (Lipinski definition) is 1. The van der Waals surface area contributed by atoms with Gasteiger partial charge in [-0.05, 0) is 13.0 Å². The predicted molar refractivity (Wildman–Crippen MR) is 43.9 cm³/mol. The van der Waals surface area contributed by atoms with Crippen LogP contribution < -0.4 is 5.32 Å². The summed E-state index contributed by atoms with van der Waals surface area (Å²) in [4.78, 5) is 13.3. The highest BCUT2D eigenvalue weighted by atomic mass is 16.5. The van der Waals surface area contributed by atoms with Crippen molar-refractivity contribution in [3.63, 3.8) is 0 Å². The van der Waals surface area contributed by atoms with Gasteiger partial charge in [-0.15, -0.1) is 0 Å². The summed E-state index contributed by atoms with van der Waals surface area (Å²) in [5.74, 6) is 0. The average molecular weight is 170 g/mol. The average Bonchev–Trinajstić information content (AvgIpc) is 2.32. The van der Waals surface area contributed by atoms with Gasteiger partial charge in [-0.2, -0.15) is 0 Å². The zero-order valence-corrected chi connectivity index (χ0v) is 7.25. The quantitative estimate of drug-likeness (QED) is 0.610. The summed E-state index contributed by atoms with van der Waals surface area (Å²) < 4.78 is 4.98. The van der Waals surface area contributed by atoms with Crippen LogP contribution >= 0.6 is 0 Å². The van der Waals surface area contributed by atoms with E-state index in [1.54, 1.807) is 0 Å². The number of likely N-dealkylation sites (tertiary alicyclic amines) is 1. The highest BCUT2D eigenvalue weighted by Gasteiger charge is 2.35. The number of cyclic esters (lactones) is 1. The molecule has 0 spiro atoms. The number of carbonyl (C=O) groups excluding carboxylic acids is 1. The lowest BCUT2D eigenvalue weighted by Crippen LogP contribution is -2.40. The Bertz CT molecular complexity index is 193. The maximum atomic E-state index is 10.9. The summed E-state index contributed by atoms with van der Waals surface area (Å²) in [5, 5.41) is 2.83. The van der Waals surface area contributed by atoms with E-state index in [1.165, 1.54) is 0 Å². The molecule has 12 heavy (non-hydrogen) atoms. The molecule has 0 aromatic carbocycles. The van der Waals surface area contributed by atoms with E-state index in [0.717, 1.165) is 19.5 Å². The van der Waals surface area contributed by atoms with Crippen molar-refractivity contribution >= 4 is 6.09 Å². The van der Waals surface area contributed by atoms with Crippen molar-refractivity contribution < 1.29 is 9.53 Å². The number of rotatable bonds is 1. The molecule has 2 fully saturated rings. The molecule has 68 valence electrons. The summed E-state index contributed by atoms with van der Waals surface area (Å²) >= 11 is 0. The maximum absolute atomic E-state index is 10.9. The van der Waals surface area contributed by atoms with E-state index in [4.69, 9.17) is 4.74 Å². The number of carbonyl (C=O) groups is 1. The van der Waals surface area contributed by atoms with E-state index in [9.17, 15) is 4.79 Å². The second kappa shape index (κ2) is 2.94. The van der Waals surface area contributed by atoms with Gasteiger partial charge >= 0.3 is 6.09 Å². The summed E-state index contributed by atoms with van der Waals surface area (Å²) in [6.45, 7) is 4.71. The lowest BCUT2D eigenvalue weighted by Gasteiger charge is -2.23. The first kappa shape index (κ1) is 7.86. The zero-order chi connectivity index (χ0) is 8.55. The molecule has 1 N–H and O–H groups in total. The van der Waals surface area contributed by atoms with E-state index in [1.807, 2.05) is 0 Å². The molecule has 2 heterocycles. The zero-order valence-electron chi connectivity index (χ0n) is 7.25. The van der Waals surface area contributed by atoms with Gasteiger partial charge in [0.1, 0.15) is 6.61 Å². The number of ether oxygens (including phenoxy) is 1. The summed E-state index contributed by atoms with van der Waals surface area (Å²) in [5.41, 5.74) is 0. The fourth-order valence-electron chi connectivity index (χ4n) is 2.03. The molecule has 0 aromatic heterocycles. The number of hydrogen-bond acceptors (Lipinski definition) is 3. The Hall–Kier alpha value is -0.770. The Morgan fingerprint density at radius 3 is 3.33 bits per heavy atom. The minimum Gasteiger partial charge on any atom is -0.448 e. The third kappa shape index (κ3) is 1.27. The van der Waals surface area contributed by atoms with Crippen LogP contribution in [0, 0.1) is 0 Å². The number of likely N-dealkylation sites (N-methyl/N-ethyl adjacent to an activating group) is 1. The molecular formula is C8H14N2O2. The second-order valence-electron chi connectivity index (χ2n) is 3.42. The Balaban J connectivity index is 2.04. The van der Waals surface area contributed by atoms with Crippen molar-refractivity contribution in [1.29, 1.82) is 0 Å². The van der Waals surface area contributed by atoms with Gasteiger partial charge in [0.05, 0.1) is 0 Å². The first-order valence-corrected chi connectivity index (χ1v) is 4.47. The van der Waals surface area contributed by atoms with E-state index < -0.39 is 0 Å². The van der Waals surface area contributed by atoms with Gasteiger partial charge in [-0.3, -0.25) is 4.90 Å². The Labute approximate surface area is 71.9 Å². The van der Waals surface area contributed by atoms with Gasteiger partial charge < -0.3 is 10.1 Å². The van der Waals surface area contributed by atoms with Crippen LogP contribution in [0.2, 0.25) is 0 Å². The van der Waals surface area contributed by atoms with Crippen LogP contribution in [0.1, 0.15) is 13.3 Å². The minimum absolute atomic E-state index is 0.252. The second-order valence-corrected chi connectivity index (χ2v) is 3.42. The van der Waals surface area contributed by atoms with Crippen molar-refractivity contribution in [2.45, 2.75) is 25.4 Å². The molecule has 2 aliphatic rings. The Morgan fingerprint density at radius 1 is 1.75 bits per heavy atom. The van der Waals surface area contributed by atoms with Crippen LogP contribution in [0.4, 0.5) is 4.79 Å². The monoisotopic (exact) mass is 170 g/mol. The van der Waals surface area contributed by atoms with Crippen LogP contribution in [0.3, 0.4) is 0 Å². The molecule has 2 aliphatic heterocycles. The highest BCUT2D eigenvalue weighted by molar-refractivity contribution is 5.68. The summed E-state index contributed by atoms with van der Waals surface area (Å²) in [6.07, 6.45) is 0.790. The topological polar surface area (TPSA) is 41.6 Å².